The van der Waals surface area contributed by atoms with Crippen LogP contribution in [0.1, 0.15) is 83.1 Å². The predicted octanol–water partition coefficient (Wildman–Crippen LogP) is -8.47. The van der Waals surface area contributed by atoms with Gasteiger partial charge in [-0.3, -0.25) is 57.5 Å². The van der Waals surface area contributed by atoms with Gasteiger partial charge in [-0.15, -0.1) is 9.24 Å². The highest BCUT2D eigenvalue weighted by Crippen LogP contribution is 2.36. The molecule has 0 aromatic rings. The lowest BCUT2D eigenvalue weighted by Gasteiger charge is -2.37. The van der Waals surface area contributed by atoms with Crippen molar-refractivity contribution in [3.63, 3.8) is 0 Å². The summed E-state index contributed by atoms with van der Waals surface area (Å²) in [5.74, 6) is -37.6. The van der Waals surface area contributed by atoms with Crippen LogP contribution in [0.5, 0.6) is 0 Å². The third-order valence-corrected chi connectivity index (χ3v) is 20.8. The van der Waals surface area contributed by atoms with Gasteiger partial charge in [-0.1, -0.05) is 0 Å². The van der Waals surface area contributed by atoms with E-state index in [1.165, 1.54) is 0 Å². The van der Waals surface area contributed by atoms with Crippen LogP contribution in [-0.4, -0.2) is 421 Å². The van der Waals surface area contributed by atoms with E-state index in [1.807, 2.05) is 0 Å². The van der Waals surface area contributed by atoms with Crippen molar-refractivity contribution in [3.05, 3.63) is 0 Å². The van der Waals surface area contributed by atoms with E-state index in [0.717, 1.165) is 111 Å². The summed E-state index contributed by atoms with van der Waals surface area (Å²) >= 11 is 0. The number of esters is 22. The van der Waals surface area contributed by atoms with Crippen molar-refractivity contribution in [3.8, 4) is 0 Å². The van der Waals surface area contributed by atoms with Gasteiger partial charge in [-0.2, -0.15) is 0 Å². The third kappa shape index (κ3) is 38.1. The normalized spacial score (nSPS) is 15.3. The van der Waals surface area contributed by atoms with Crippen LogP contribution in [0.25, 0.3) is 0 Å². The summed E-state index contributed by atoms with van der Waals surface area (Å²) in [4.78, 5) is 297. The summed E-state index contributed by atoms with van der Waals surface area (Å²) in [6.07, 6.45) is 0.736. The molecule has 0 spiro atoms. The molecule has 0 aromatic heterocycles. The Kier molecular flexibility index (Phi) is 54.3. The van der Waals surface area contributed by atoms with E-state index < -0.39 is 387 Å². The van der Waals surface area contributed by atoms with E-state index >= 15 is 19.2 Å². The number of methoxy groups -OCH3 is 6. The molecule has 0 saturated heterocycles. The zero-order valence-corrected chi connectivity index (χ0v) is 81.0. The van der Waals surface area contributed by atoms with Gasteiger partial charge in [0.05, 0.1) is 115 Å². The van der Waals surface area contributed by atoms with Crippen molar-refractivity contribution >= 4 is 141 Å². The van der Waals surface area contributed by atoms with Gasteiger partial charge in [0.2, 0.25) is 0 Å². The molecule has 0 radical (unpaired) electrons. The molecule has 7 atom stereocenters. The fraction of sp³-hybridized carbons (Fsp3) is 0.732. The molecule has 0 bridgehead atoms. The molecule has 57 heteroatoms. The van der Waals surface area contributed by atoms with Crippen molar-refractivity contribution in [2.45, 2.75) is 83.1 Å². The van der Waals surface area contributed by atoms with E-state index in [0.29, 0.717) is 13.8 Å². The molecule has 0 rings (SSSR count). The molecule has 0 aliphatic heterocycles. The van der Waals surface area contributed by atoms with Gasteiger partial charge in [0.1, 0.15) is 183 Å². The van der Waals surface area contributed by atoms with E-state index in [9.17, 15) is 142 Å². The summed E-state index contributed by atoms with van der Waals surface area (Å²) in [5.41, 5.74) is -33.9. The van der Waals surface area contributed by atoms with Crippen molar-refractivity contribution in [2.24, 2.45) is 70.4 Å². The van der Waals surface area contributed by atoms with Crippen LogP contribution in [0.2, 0.25) is 0 Å². The standard InChI is InChI=1S/C80H118O55.C2H7OP/c1-68(18-81,19-82)56(102)124-34-76(9,35-125-57(103)69(2,20-83)21-84)64(110)132-42-80(43-133-65(111)77(10,36-126-58(104)70(3,22-85)23-86)37-127-59(105)71(4,24-87)29-119-51(97)46(92)114-13,44-134-66(112)78(11,38-128-60(106)72(5,25-88)30-120-52(98)47(93)115-14)39-129-61(107)73(6,26-89)31-121-53(99)48(94)116-15)45-135-67(113)79(12,40-130-62(108)74(7,27-90)32-122-54(100)49(95)117-16)41-131-63(109)75(8,28-91)33-123-55(101)50(96)118-17;1-3-2-4/h81-91H,18-45H2,1-17H3;2,4H2,1H3. The van der Waals surface area contributed by atoms with Crippen LogP contribution in [0.15, 0.2) is 0 Å². The first-order valence-electron chi connectivity index (χ1n) is 40.7. The van der Waals surface area contributed by atoms with Gasteiger partial charge in [0.15, 0.2) is 0 Å². The fourth-order valence-electron chi connectivity index (χ4n) is 8.87. The number of carbonyl (C=O) groups excluding carboxylic acids is 22. The second kappa shape index (κ2) is 58.4. The molecule has 56 nitrogen and oxygen atoms in total. The molecule has 0 heterocycles. The Morgan fingerprint density at radius 2 is 0.266 bits per heavy atom. The zero-order valence-electron chi connectivity index (χ0n) is 79.9. The Morgan fingerprint density at radius 1 is 0.165 bits per heavy atom. The Labute approximate surface area is 796 Å². The molecule has 139 heavy (non-hydrogen) atoms. The minimum atomic E-state index is -3.19. The molecule has 0 amide bonds. The second-order valence-corrected chi connectivity index (χ2v) is 35.0. The van der Waals surface area contributed by atoms with Gasteiger partial charge in [-0.25, -0.2) is 47.9 Å². The number of hydrogen-bond acceptors (Lipinski definition) is 56. The zero-order chi connectivity index (χ0) is 108. The van der Waals surface area contributed by atoms with Crippen LogP contribution in [0.3, 0.4) is 0 Å². The average molecular weight is 2040 g/mol. The van der Waals surface area contributed by atoms with Gasteiger partial charge in [0.25, 0.3) is 0 Å². The van der Waals surface area contributed by atoms with Crippen molar-refractivity contribution in [2.75, 3.05) is 234 Å². The molecular formula is C82H125O56P. The number of aliphatic hydroxyl groups excluding tert-OH is 11. The summed E-state index contributed by atoms with van der Waals surface area (Å²) in [6, 6.07) is 0. The van der Waals surface area contributed by atoms with E-state index in [-0.39, 0.29) is 0 Å². The number of carbonyl (C=O) groups is 22. The van der Waals surface area contributed by atoms with Crippen LogP contribution in [0.4, 0.5) is 0 Å². The summed E-state index contributed by atoms with van der Waals surface area (Å²) in [7, 11) is 7.81. The highest BCUT2D eigenvalue weighted by atomic mass is 31.0. The molecule has 11 N–H and O–H groups in total. The van der Waals surface area contributed by atoms with Crippen molar-refractivity contribution < 1.29 is 271 Å². The number of aliphatic hydroxyl groups is 11. The first-order chi connectivity index (χ1) is 64.4. The van der Waals surface area contributed by atoms with E-state index in [2.05, 4.69) is 37.7 Å². The lowest BCUT2D eigenvalue weighted by molar-refractivity contribution is -0.192. The monoisotopic (exact) mass is 2040 g/mol. The Morgan fingerprint density at radius 3 is 0.374 bits per heavy atom. The summed E-state index contributed by atoms with van der Waals surface area (Å²) in [6.45, 7) is -29.5. The van der Waals surface area contributed by atoms with Gasteiger partial charge >= 0.3 is 131 Å². The number of ether oxygens (including phenoxy) is 23. The summed E-state index contributed by atoms with van der Waals surface area (Å²) in [5, 5.41) is 114. The summed E-state index contributed by atoms with van der Waals surface area (Å²) < 4.78 is 117. The predicted molar refractivity (Wildman–Crippen MR) is 446 cm³/mol. The van der Waals surface area contributed by atoms with E-state index in [1.54, 1.807) is 7.11 Å². The average Bonchev–Trinajstić information content (AvgIpc) is 0.792. The number of hydrogen-bond donors (Lipinski definition) is 11. The van der Waals surface area contributed by atoms with Crippen LogP contribution in [-0.2, 0) is 214 Å². The molecule has 0 saturated carbocycles. The highest BCUT2D eigenvalue weighted by molar-refractivity contribution is 7.16. The maximum absolute atomic E-state index is 15.6. The largest absolute Gasteiger partial charge is 0.464 e. The topological polar surface area (TPSA) is 810 Å². The van der Waals surface area contributed by atoms with Gasteiger partial charge in [0, 0.05) is 7.11 Å². The Balaban J connectivity index is 0. The SMILES string of the molecule is COC(=O)C(=O)OCC(C)(CO)C(=O)OCC(C)(COC(=O)C(C)(CO)CO)C(=O)OCC(COC(=O)C(C)(COC(=O)C(C)(CO)CO)COC(=O)C(C)(CO)CO)(COC(=O)C(C)(COC(=O)C(C)(CO)COC(=O)C(=O)OC)COC(=O)C(C)(CO)COC(=O)C(=O)OC)COC(=O)C(C)(COC(=O)C(C)(CO)COC(=O)C(=O)OC)COC(=O)C(C)(CO)COC(=O)C(=O)OC.COCP. The number of rotatable bonds is 58. The smallest absolute Gasteiger partial charge is 0.417 e. The molecular weight excluding hydrogens is 1910 g/mol. The first-order valence-corrected chi connectivity index (χ1v) is 41.5. The first kappa shape index (κ1) is 129. The van der Waals surface area contributed by atoms with Crippen LogP contribution >= 0.6 is 9.24 Å². The third-order valence-electron chi connectivity index (χ3n) is 20.5. The van der Waals surface area contributed by atoms with Crippen LogP contribution in [0, 0.1) is 70.4 Å². The minimum absolute atomic E-state index is 0.714. The maximum atomic E-state index is 15.6. The maximum Gasteiger partial charge on any atom is 0.417 e. The minimum Gasteiger partial charge on any atom is -0.464 e. The molecule has 7 unspecified atom stereocenters. The van der Waals surface area contributed by atoms with E-state index in [4.69, 9.17) is 80.5 Å². The Hall–Kier alpha value is -11.7. The molecule has 0 aliphatic rings. The lowest BCUT2D eigenvalue weighted by Crippen LogP contribution is -2.51. The second-order valence-electron chi connectivity index (χ2n) is 34.7. The fourth-order valence-corrected chi connectivity index (χ4v) is 8.87. The Bertz CT molecular complexity index is 3930. The van der Waals surface area contributed by atoms with Crippen molar-refractivity contribution in [1.82, 2.24) is 0 Å². The van der Waals surface area contributed by atoms with Crippen LogP contribution < -0.4 is 0 Å². The lowest BCUT2D eigenvalue weighted by atomic mass is 9.88. The van der Waals surface area contributed by atoms with Gasteiger partial charge in [-0.05, 0) is 83.1 Å². The quantitative estimate of drug-likeness (QED) is 0.0117. The molecule has 794 valence electrons. The van der Waals surface area contributed by atoms with Crippen molar-refractivity contribution in [1.29, 1.82) is 0 Å². The highest BCUT2D eigenvalue weighted by Gasteiger charge is 2.54. The van der Waals surface area contributed by atoms with Gasteiger partial charge < -0.3 is 165 Å². The molecule has 0 aromatic carbocycles. The molecule has 0 fully saturated rings. The molecule has 0 aliphatic carbocycles.